The molecular formula is C28H32Cl2N6O2. The van der Waals surface area contributed by atoms with Gasteiger partial charge in [0.2, 0.25) is 5.91 Å². The molecule has 0 unspecified atom stereocenters. The minimum Gasteiger partial charge on any atom is -0.369 e. The molecule has 0 saturated carbocycles. The second kappa shape index (κ2) is 12.8. The maximum absolute atomic E-state index is 12.9. The highest BCUT2D eigenvalue weighted by molar-refractivity contribution is 6.18. The molecule has 0 bridgehead atoms. The molecule has 2 aromatic heterocycles. The standard InChI is InChI=1S/C28H32Cl2N6O2/c1-3-4-5-26(37)31-20-8-11-23-24(16-20)34-27(33-23)25-17-21(18-35(25)2)32-28(38)19-6-9-22(10-7-19)36(14-12-29)15-13-30/h6-11,16-18H,3-5,12-15H2,1-2H3,(H,31,37)(H,32,38)(H,33,34). The van der Waals surface area contributed by atoms with E-state index in [1.807, 2.05) is 54.2 Å². The number of H-pyrrole nitrogens is 1. The van der Waals surface area contributed by atoms with Crippen LogP contribution in [0.15, 0.2) is 54.7 Å². The van der Waals surface area contributed by atoms with Crippen molar-refractivity contribution in [2.24, 2.45) is 7.05 Å². The number of nitrogens with zero attached hydrogens (tertiary/aromatic N) is 3. The van der Waals surface area contributed by atoms with Gasteiger partial charge in [-0.1, -0.05) is 13.3 Å². The smallest absolute Gasteiger partial charge is 0.255 e. The number of halogens is 2. The second-order valence-corrected chi connectivity index (χ2v) is 9.82. The van der Waals surface area contributed by atoms with Crippen LogP contribution in [0.3, 0.4) is 0 Å². The fourth-order valence-electron chi connectivity index (χ4n) is 4.23. The van der Waals surface area contributed by atoms with Crippen LogP contribution in [0, 0.1) is 0 Å². The van der Waals surface area contributed by atoms with E-state index in [9.17, 15) is 9.59 Å². The van der Waals surface area contributed by atoms with E-state index in [2.05, 4.69) is 27.4 Å². The number of anilines is 3. The summed E-state index contributed by atoms with van der Waals surface area (Å²) in [4.78, 5) is 35.1. The van der Waals surface area contributed by atoms with Gasteiger partial charge >= 0.3 is 0 Å². The molecule has 2 heterocycles. The van der Waals surface area contributed by atoms with Crippen molar-refractivity contribution in [1.82, 2.24) is 14.5 Å². The van der Waals surface area contributed by atoms with Crippen molar-refractivity contribution in [3.63, 3.8) is 0 Å². The van der Waals surface area contributed by atoms with Crippen LogP contribution in [-0.2, 0) is 11.8 Å². The van der Waals surface area contributed by atoms with Gasteiger partial charge in [-0.15, -0.1) is 23.2 Å². The van der Waals surface area contributed by atoms with E-state index in [1.54, 1.807) is 12.1 Å². The van der Waals surface area contributed by atoms with Gasteiger partial charge in [-0.25, -0.2) is 4.98 Å². The zero-order valence-corrected chi connectivity index (χ0v) is 23.1. The summed E-state index contributed by atoms with van der Waals surface area (Å²) in [6.45, 7) is 3.43. The van der Waals surface area contributed by atoms with Crippen LogP contribution in [0.4, 0.5) is 17.1 Å². The van der Waals surface area contributed by atoms with Crippen molar-refractivity contribution in [1.29, 1.82) is 0 Å². The van der Waals surface area contributed by atoms with E-state index in [1.165, 1.54) is 0 Å². The molecule has 2 aromatic carbocycles. The average Bonchev–Trinajstić information content (AvgIpc) is 3.49. The predicted molar refractivity (Wildman–Crippen MR) is 157 cm³/mol. The maximum atomic E-state index is 12.9. The number of aryl methyl sites for hydroxylation is 1. The summed E-state index contributed by atoms with van der Waals surface area (Å²) in [6, 6.07) is 14.9. The van der Waals surface area contributed by atoms with Crippen LogP contribution in [0.2, 0.25) is 0 Å². The number of rotatable bonds is 12. The fraction of sp³-hybridized carbons (Fsp3) is 0.321. The molecule has 0 aliphatic heterocycles. The highest BCUT2D eigenvalue weighted by Gasteiger charge is 2.14. The highest BCUT2D eigenvalue weighted by Crippen LogP contribution is 2.26. The van der Waals surface area contributed by atoms with Crippen LogP contribution in [0.5, 0.6) is 0 Å². The van der Waals surface area contributed by atoms with Gasteiger partial charge in [0.05, 0.1) is 22.4 Å². The molecule has 4 aromatic rings. The van der Waals surface area contributed by atoms with Gasteiger partial charge in [0, 0.05) is 61.5 Å². The van der Waals surface area contributed by atoms with Crippen LogP contribution in [0.25, 0.3) is 22.6 Å². The molecule has 38 heavy (non-hydrogen) atoms. The van der Waals surface area contributed by atoms with Crippen molar-refractivity contribution < 1.29 is 9.59 Å². The van der Waals surface area contributed by atoms with Crippen molar-refractivity contribution in [3.8, 4) is 11.5 Å². The Morgan fingerprint density at radius 2 is 1.74 bits per heavy atom. The number of carbonyl (C=O) groups is 2. The number of benzene rings is 2. The highest BCUT2D eigenvalue weighted by atomic mass is 35.5. The van der Waals surface area contributed by atoms with E-state index < -0.39 is 0 Å². The lowest BCUT2D eigenvalue weighted by molar-refractivity contribution is -0.116. The van der Waals surface area contributed by atoms with E-state index in [0.29, 0.717) is 48.3 Å². The zero-order chi connectivity index (χ0) is 27.1. The molecule has 4 rings (SSSR count). The first-order valence-corrected chi connectivity index (χ1v) is 13.7. The molecule has 0 aliphatic rings. The molecule has 0 radical (unpaired) electrons. The molecule has 0 aliphatic carbocycles. The molecule has 2 amide bonds. The van der Waals surface area contributed by atoms with Gasteiger partial charge in [-0.3, -0.25) is 9.59 Å². The third-order valence-electron chi connectivity index (χ3n) is 6.23. The lowest BCUT2D eigenvalue weighted by Gasteiger charge is -2.22. The number of hydrogen-bond donors (Lipinski definition) is 3. The number of carbonyl (C=O) groups excluding carboxylic acids is 2. The van der Waals surface area contributed by atoms with Crippen LogP contribution >= 0.6 is 23.2 Å². The number of nitrogens with one attached hydrogen (secondary N) is 3. The molecular weight excluding hydrogens is 523 g/mol. The summed E-state index contributed by atoms with van der Waals surface area (Å²) < 4.78 is 1.90. The Morgan fingerprint density at radius 1 is 1.00 bits per heavy atom. The van der Waals surface area contributed by atoms with Gasteiger partial charge in [-0.05, 0) is 55.0 Å². The van der Waals surface area contributed by atoms with Crippen molar-refractivity contribution in [3.05, 3.63) is 60.3 Å². The Labute approximate surface area is 232 Å². The van der Waals surface area contributed by atoms with Crippen LogP contribution < -0.4 is 15.5 Å². The normalized spacial score (nSPS) is 11.1. The Hall–Kier alpha value is -3.49. The Balaban J connectivity index is 1.46. The van der Waals surface area contributed by atoms with E-state index in [0.717, 1.165) is 40.9 Å². The van der Waals surface area contributed by atoms with E-state index in [-0.39, 0.29) is 11.8 Å². The third-order valence-corrected chi connectivity index (χ3v) is 6.57. The summed E-state index contributed by atoms with van der Waals surface area (Å²) in [5.74, 6) is 1.46. The number of imidazole rings is 1. The third kappa shape index (κ3) is 6.68. The second-order valence-electron chi connectivity index (χ2n) is 9.06. The van der Waals surface area contributed by atoms with E-state index >= 15 is 0 Å². The van der Waals surface area contributed by atoms with Gasteiger partial charge in [0.15, 0.2) is 5.82 Å². The zero-order valence-electron chi connectivity index (χ0n) is 21.6. The largest absolute Gasteiger partial charge is 0.369 e. The number of aromatic nitrogens is 3. The Bertz CT molecular complexity index is 1390. The van der Waals surface area contributed by atoms with Gasteiger partial charge in [0.25, 0.3) is 5.91 Å². The summed E-state index contributed by atoms with van der Waals surface area (Å²) in [7, 11) is 1.90. The molecule has 200 valence electrons. The number of amides is 2. The first-order valence-electron chi connectivity index (χ1n) is 12.7. The van der Waals surface area contributed by atoms with E-state index in [4.69, 9.17) is 28.2 Å². The van der Waals surface area contributed by atoms with Gasteiger partial charge in [-0.2, -0.15) is 0 Å². The predicted octanol–water partition coefficient (Wildman–Crippen LogP) is 6.23. The monoisotopic (exact) mass is 554 g/mol. The summed E-state index contributed by atoms with van der Waals surface area (Å²) in [5.41, 5.74) is 5.32. The SMILES string of the molecule is CCCCC(=O)Nc1ccc2[nH]c(-c3cc(NC(=O)c4ccc(N(CCCl)CCCl)cc4)cn3C)nc2c1. The molecule has 3 N–H and O–H groups in total. The van der Waals surface area contributed by atoms with Crippen molar-refractivity contribution >= 4 is 63.1 Å². The lowest BCUT2D eigenvalue weighted by Crippen LogP contribution is -2.27. The Morgan fingerprint density at radius 3 is 2.42 bits per heavy atom. The first kappa shape index (κ1) is 27.5. The topological polar surface area (TPSA) is 95.0 Å². The molecule has 0 atom stereocenters. The lowest BCUT2D eigenvalue weighted by atomic mass is 10.1. The summed E-state index contributed by atoms with van der Waals surface area (Å²) >= 11 is 11.8. The quantitative estimate of drug-likeness (QED) is 0.181. The summed E-state index contributed by atoms with van der Waals surface area (Å²) in [5, 5.41) is 5.90. The van der Waals surface area contributed by atoms with Gasteiger partial charge in [0.1, 0.15) is 0 Å². The molecule has 0 fully saturated rings. The average molecular weight is 556 g/mol. The number of aromatic amines is 1. The number of fused-ring (bicyclic) bond motifs is 1. The minimum absolute atomic E-state index is 0.00209. The van der Waals surface area contributed by atoms with Crippen molar-refractivity contribution in [2.45, 2.75) is 26.2 Å². The number of unbranched alkanes of at least 4 members (excludes halogenated alkanes) is 1. The fourth-order valence-corrected chi connectivity index (χ4v) is 4.64. The molecule has 0 saturated heterocycles. The van der Waals surface area contributed by atoms with Gasteiger partial charge < -0.3 is 25.1 Å². The van der Waals surface area contributed by atoms with Crippen molar-refractivity contribution in [2.75, 3.05) is 40.4 Å². The summed E-state index contributed by atoms with van der Waals surface area (Å²) in [6.07, 6.45) is 4.18. The minimum atomic E-state index is -0.206. The van der Waals surface area contributed by atoms with Crippen LogP contribution in [-0.4, -0.2) is 51.2 Å². The number of hydrogen-bond acceptors (Lipinski definition) is 4. The van der Waals surface area contributed by atoms with Crippen LogP contribution in [0.1, 0.15) is 36.5 Å². The Kier molecular flexibility index (Phi) is 9.31. The molecule has 8 nitrogen and oxygen atoms in total. The first-order chi connectivity index (χ1) is 18.4. The number of alkyl halides is 2. The molecule has 10 heteroatoms. The molecule has 0 spiro atoms. The maximum Gasteiger partial charge on any atom is 0.255 e.